The van der Waals surface area contributed by atoms with E-state index in [9.17, 15) is 0 Å². The maximum absolute atomic E-state index is 6.07. The summed E-state index contributed by atoms with van der Waals surface area (Å²) in [5, 5.41) is 1.67. The summed E-state index contributed by atoms with van der Waals surface area (Å²) >= 11 is 11.9. The van der Waals surface area contributed by atoms with Gasteiger partial charge >= 0.3 is 0 Å². The van der Waals surface area contributed by atoms with E-state index in [1.54, 1.807) is 32.4 Å². The summed E-state index contributed by atoms with van der Waals surface area (Å²) in [6, 6.07) is 5.11. The highest BCUT2D eigenvalue weighted by Gasteiger charge is 2.10. The van der Waals surface area contributed by atoms with E-state index >= 15 is 0 Å². The molecule has 5 heteroatoms. The number of hydrogen-bond donors (Lipinski definition) is 0. The van der Waals surface area contributed by atoms with Gasteiger partial charge in [0.1, 0.15) is 5.15 Å². The van der Waals surface area contributed by atoms with Gasteiger partial charge in [-0.1, -0.05) is 23.2 Å². The number of ether oxygens (including phenoxy) is 2. The lowest BCUT2D eigenvalue weighted by molar-refractivity contribution is 0.356. The van der Waals surface area contributed by atoms with E-state index in [0.29, 0.717) is 27.2 Å². The van der Waals surface area contributed by atoms with E-state index in [-0.39, 0.29) is 0 Å². The Morgan fingerprint density at radius 3 is 2.25 bits per heavy atom. The highest BCUT2D eigenvalue weighted by Crippen LogP contribution is 2.35. The fourth-order valence-corrected chi connectivity index (χ4v) is 1.99. The van der Waals surface area contributed by atoms with Crippen LogP contribution in [0.3, 0.4) is 0 Å². The molecule has 0 fully saturated rings. The van der Waals surface area contributed by atoms with Crippen LogP contribution in [0.25, 0.3) is 10.9 Å². The molecule has 1 heterocycles. The number of nitrogens with zero attached hydrogens (tertiary/aromatic N) is 1. The third-order valence-electron chi connectivity index (χ3n) is 2.23. The van der Waals surface area contributed by atoms with Crippen LogP contribution in [0, 0.1) is 0 Å². The first-order valence-electron chi connectivity index (χ1n) is 4.53. The molecule has 0 bridgehead atoms. The second-order valence-electron chi connectivity index (χ2n) is 3.15. The van der Waals surface area contributed by atoms with E-state index < -0.39 is 0 Å². The van der Waals surface area contributed by atoms with Crippen molar-refractivity contribution < 1.29 is 9.47 Å². The van der Waals surface area contributed by atoms with Crippen molar-refractivity contribution in [1.82, 2.24) is 4.98 Å². The molecule has 2 aromatic rings. The number of methoxy groups -OCH3 is 2. The lowest BCUT2D eigenvalue weighted by Crippen LogP contribution is -1.92. The Labute approximate surface area is 103 Å². The molecule has 2 rings (SSSR count). The third-order valence-corrected chi connectivity index (χ3v) is 2.74. The second-order valence-corrected chi connectivity index (χ2v) is 3.95. The summed E-state index contributed by atoms with van der Waals surface area (Å²) in [5.41, 5.74) is 0.676. The van der Waals surface area contributed by atoms with Crippen molar-refractivity contribution in [2.75, 3.05) is 14.2 Å². The minimum Gasteiger partial charge on any atom is -0.493 e. The van der Waals surface area contributed by atoms with Gasteiger partial charge in [0.25, 0.3) is 0 Å². The minimum absolute atomic E-state index is 0.352. The van der Waals surface area contributed by atoms with Gasteiger partial charge in [0.15, 0.2) is 11.5 Å². The quantitative estimate of drug-likeness (QED) is 0.772. The van der Waals surface area contributed by atoms with Crippen LogP contribution in [0.5, 0.6) is 11.5 Å². The number of benzene rings is 1. The third kappa shape index (κ3) is 1.88. The van der Waals surface area contributed by atoms with Gasteiger partial charge in [-0.2, -0.15) is 0 Å². The summed E-state index contributed by atoms with van der Waals surface area (Å²) in [6.45, 7) is 0. The molecule has 0 saturated heterocycles. The van der Waals surface area contributed by atoms with Crippen molar-refractivity contribution in [3.05, 3.63) is 28.4 Å². The highest BCUT2D eigenvalue weighted by molar-refractivity contribution is 6.37. The molecular weight excluding hydrogens is 249 g/mol. The number of aromatic nitrogens is 1. The monoisotopic (exact) mass is 257 g/mol. The Bertz CT molecular complexity index is 543. The lowest BCUT2D eigenvalue weighted by atomic mass is 10.2. The first-order chi connectivity index (χ1) is 7.65. The molecule has 0 amide bonds. The molecule has 0 unspecified atom stereocenters. The highest BCUT2D eigenvalue weighted by atomic mass is 35.5. The summed E-state index contributed by atoms with van der Waals surface area (Å²) in [4.78, 5) is 4.17. The zero-order valence-electron chi connectivity index (χ0n) is 8.75. The van der Waals surface area contributed by atoms with E-state index in [1.807, 2.05) is 0 Å². The first kappa shape index (κ1) is 11.3. The van der Waals surface area contributed by atoms with Gasteiger partial charge in [-0.3, -0.25) is 0 Å². The van der Waals surface area contributed by atoms with Gasteiger partial charge in [-0.25, -0.2) is 4.98 Å². The molecule has 0 aliphatic heterocycles. The van der Waals surface area contributed by atoms with Gasteiger partial charge < -0.3 is 9.47 Å². The summed E-state index contributed by atoms with van der Waals surface area (Å²) in [6.07, 6.45) is 0. The fourth-order valence-electron chi connectivity index (χ4n) is 1.48. The van der Waals surface area contributed by atoms with Gasteiger partial charge in [-0.15, -0.1) is 0 Å². The molecule has 1 aromatic carbocycles. The molecule has 0 radical (unpaired) electrons. The minimum atomic E-state index is 0.352. The average Bonchev–Trinajstić information content (AvgIpc) is 2.27. The van der Waals surface area contributed by atoms with Crippen LogP contribution in [-0.2, 0) is 0 Å². The van der Waals surface area contributed by atoms with Crippen molar-refractivity contribution in [2.24, 2.45) is 0 Å². The predicted molar refractivity (Wildman–Crippen MR) is 64.9 cm³/mol. The fraction of sp³-hybridized carbons (Fsp3) is 0.182. The zero-order valence-corrected chi connectivity index (χ0v) is 10.3. The molecule has 0 spiro atoms. The summed E-state index contributed by atoms with van der Waals surface area (Å²) in [5.74, 6) is 1.21. The van der Waals surface area contributed by atoms with E-state index in [1.165, 1.54) is 0 Å². The van der Waals surface area contributed by atoms with E-state index in [4.69, 9.17) is 32.7 Å². The zero-order chi connectivity index (χ0) is 11.7. The molecule has 3 nitrogen and oxygen atoms in total. The van der Waals surface area contributed by atoms with Crippen LogP contribution < -0.4 is 9.47 Å². The van der Waals surface area contributed by atoms with Crippen LogP contribution in [0.2, 0.25) is 10.2 Å². The maximum atomic E-state index is 6.07. The lowest BCUT2D eigenvalue weighted by Gasteiger charge is -2.09. The van der Waals surface area contributed by atoms with E-state index in [0.717, 1.165) is 5.39 Å². The van der Waals surface area contributed by atoms with Crippen LogP contribution in [0.15, 0.2) is 18.2 Å². The second kappa shape index (κ2) is 4.36. The molecule has 0 N–H and O–H groups in total. The standard InChI is InChI=1S/C11H9Cl2NO2/c1-15-9-3-6-7(12)4-11(13)14-8(6)5-10(9)16-2/h3-5H,1-2H3. The number of fused-ring (bicyclic) bond motifs is 1. The Hall–Kier alpha value is -1.19. The SMILES string of the molecule is COc1cc2nc(Cl)cc(Cl)c2cc1OC. The topological polar surface area (TPSA) is 31.4 Å². The molecule has 0 atom stereocenters. The van der Waals surface area contributed by atoms with Crippen LogP contribution >= 0.6 is 23.2 Å². The predicted octanol–water partition coefficient (Wildman–Crippen LogP) is 3.56. The van der Waals surface area contributed by atoms with Crippen LogP contribution in [0.1, 0.15) is 0 Å². The molecule has 0 aliphatic carbocycles. The van der Waals surface area contributed by atoms with Crippen molar-refractivity contribution in [1.29, 1.82) is 0 Å². The molecule has 16 heavy (non-hydrogen) atoms. The van der Waals surface area contributed by atoms with Gasteiger partial charge in [0, 0.05) is 11.5 Å². The smallest absolute Gasteiger partial charge is 0.162 e. The number of hydrogen-bond acceptors (Lipinski definition) is 3. The average molecular weight is 258 g/mol. The van der Waals surface area contributed by atoms with Gasteiger partial charge in [-0.05, 0) is 12.1 Å². The summed E-state index contributed by atoms with van der Waals surface area (Å²) < 4.78 is 10.4. The molecule has 0 saturated carbocycles. The molecular formula is C11H9Cl2NO2. The molecule has 84 valence electrons. The normalized spacial score (nSPS) is 10.5. The number of pyridine rings is 1. The summed E-state index contributed by atoms with van der Waals surface area (Å²) in [7, 11) is 3.14. The number of rotatable bonds is 2. The molecule has 0 aliphatic rings. The maximum Gasteiger partial charge on any atom is 0.162 e. The van der Waals surface area contributed by atoms with Crippen LogP contribution in [-0.4, -0.2) is 19.2 Å². The van der Waals surface area contributed by atoms with Gasteiger partial charge in [0.2, 0.25) is 0 Å². The van der Waals surface area contributed by atoms with Crippen LogP contribution in [0.4, 0.5) is 0 Å². The Morgan fingerprint density at radius 1 is 1.00 bits per heavy atom. The van der Waals surface area contributed by atoms with Crippen molar-refractivity contribution in [2.45, 2.75) is 0 Å². The Kier molecular flexibility index (Phi) is 3.08. The van der Waals surface area contributed by atoms with Gasteiger partial charge in [0.05, 0.1) is 24.8 Å². The largest absolute Gasteiger partial charge is 0.493 e. The van der Waals surface area contributed by atoms with Crippen molar-refractivity contribution >= 4 is 34.1 Å². The first-order valence-corrected chi connectivity index (χ1v) is 5.29. The van der Waals surface area contributed by atoms with Crippen molar-refractivity contribution in [3.63, 3.8) is 0 Å². The van der Waals surface area contributed by atoms with E-state index in [2.05, 4.69) is 4.98 Å². The number of halogens is 2. The Morgan fingerprint density at radius 2 is 1.62 bits per heavy atom. The Balaban J connectivity index is 2.78. The molecule has 1 aromatic heterocycles. The van der Waals surface area contributed by atoms with Crippen molar-refractivity contribution in [3.8, 4) is 11.5 Å².